The molecule has 1 amide bonds. The van der Waals surface area contributed by atoms with Crippen LogP contribution in [0.4, 0.5) is 4.39 Å². The third-order valence-electron chi connectivity index (χ3n) is 6.04. The van der Waals surface area contributed by atoms with E-state index >= 15 is 0 Å². The highest BCUT2D eigenvalue weighted by Crippen LogP contribution is 2.35. The summed E-state index contributed by atoms with van der Waals surface area (Å²) in [4.78, 5) is 16.8. The summed E-state index contributed by atoms with van der Waals surface area (Å²) >= 11 is 0. The Labute approximate surface area is 186 Å². The summed E-state index contributed by atoms with van der Waals surface area (Å²) in [7, 11) is 1.65. The molecule has 2 aromatic carbocycles. The lowest BCUT2D eigenvalue weighted by Gasteiger charge is -2.38. The Hall–Kier alpha value is -3.19. The van der Waals surface area contributed by atoms with Crippen molar-refractivity contribution in [2.75, 3.05) is 26.9 Å². The number of ether oxygens (including phenoxy) is 2. The van der Waals surface area contributed by atoms with Gasteiger partial charge in [0.2, 0.25) is 5.91 Å². The maximum Gasteiger partial charge on any atom is 0.220 e. The van der Waals surface area contributed by atoms with Crippen LogP contribution >= 0.6 is 0 Å². The second-order valence-electron chi connectivity index (χ2n) is 8.00. The van der Waals surface area contributed by atoms with Crippen LogP contribution in [0, 0.1) is 5.82 Å². The number of aryl methyl sites for hydroxylation is 1. The van der Waals surface area contributed by atoms with Crippen molar-refractivity contribution in [3.63, 3.8) is 0 Å². The predicted molar refractivity (Wildman–Crippen MR) is 118 cm³/mol. The molecule has 1 saturated heterocycles. The smallest absolute Gasteiger partial charge is 0.220 e. The number of nitrogens with zero attached hydrogens (tertiary/aromatic N) is 1. The third kappa shape index (κ3) is 4.99. The zero-order chi connectivity index (χ0) is 22.4. The van der Waals surface area contributed by atoms with Gasteiger partial charge in [-0.3, -0.25) is 4.79 Å². The van der Waals surface area contributed by atoms with Gasteiger partial charge in [-0.25, -0.2) is 9.37 Å². The zero-order valence-corrected chi connectivity index (χ0v) is 18.1. The van der Waals surface area contributed by atoms with E-state index in [2.05, 4.69) is 22.4 Å². The fourth-order valence-electron chi connectivity index (χ4n) is 4.06. The fourth-order valence-corrected chi connectivity index (χ4v) is 4.06. The first-order valence-electron chi connectivity index (χ1n) is 10.8. The molecule has 1 N–H and O–H groups in total. The Kier molecular flexibility index (Phi) is 6.85. The van der Waals surface area contributed by atoms with Gasteiger partial charge in [-0.2, -0.15) is 0 Å². The van der Waals surface area contributed by atoms with Crippen molar-refractivity contribution in [3.05, 3.63) is 72.0 Å². The van der Waals surface area contributed by atoms with Crippen molar-refractivity contribution in [1.82, 2.24) is 10.3 Å². The van der Waals surface area contributed by atoms with E-state index in [-0.39, 0.29) is 23.6 Å². The van der Waals surface area contributed by atoms with Crippen LogP contribution in [-0.2, 0) is 21.4 Å². The number of hydrogen-bond donors (Lipinski definition) is 1. The Balaban J connectivity index is 1.35. The summed E-state index contributed by atoms with van der Waals surface area (Å²) in [5.41, 5.74) is 1.36. The Bertz CT molecular complexity index is 1040. The van der Waals surface area contributed by atoms with E-state index in [9.17, 15) is 9.18 Å². The third-order valence-corrected chi connectivity index (χ3v) is 6.04. The zero-order valence-electron chi connectivity index (χ0n) is 18.1. The van der Waals surface area contributed by atoms with Gasteiger partial charge in [0, 0.05) is 38.0 Å². The minimum atomic E-state index is -0.367. The van der Waals surface area contributed by atoms with Crippen LogP contribution in [0.2, 0.25) is 0 Å². The van der Waals surface area contributed by atoms with Gasteiger partial charge in [0.25, 0.3) is 0 Å². The molecule has 0 aliphatic carbocycles. The standard InChI is InChI=1S/C25H27FN2O4/c1-30-19-8-6-18(7-9-19)25(12-14-31-15-13-25)17-28-23(29)10-11-24-27-16-22(32-24)20-4-2-3-5-21(20)26/h2-9,16H,10-15,17H2,1H3,(H,28,29). The monoisotopic (exact) mass is 438 g/mol. The van der Waals surface area contributed by atoms with Crippen LogP contribution in [0.3, 0.4) is 0 Å². The second-order valence-corrected chi connectivity index (χ2v) is 8.00. The molecule has 0 atom stereocenters. The Morgan fingerprint density at radius 2 is 1.91 bits per heavy atom. The molecule has 1 fully saturated rings. The molecule has 3 aromatic rings. The number of carbonyl (C=O) groups is 1. The minimum absolute atomic E-state index is 0.0741. The fraction of sp³-hybridized carbons (Fsp3) is 0.360. The molecule has 0 radical (unpaired) electrons. The molecule has 0 saturated carbocycles. The van der Waals surface area contributed by atoms with Crippen LogP contribution in [0.25, 0.3) is 11.3 Å². The van der Waals surface area contributed by atoms with Crippen molar-refractivity contribution in [2.45, 2.75) is 31.1 Å². The number of benzene rings is 2. The molecule has 6 nitrogen and oxygen atoms in total. The summed E-state index contributed by atoms with van der Waals surface area (Å²) in [5, 5.41) is 3.08. The van der Waals surface area contributed by atoms with Crippen LogP contribution < -0.4 is 10.1 Å². The number of methoxy groups -OCH3 is 1. The topological polar surface area (TPSA) is 73.6 Å². The minimum Gasteiger partial charge on any atom is -0.497 e. The van der Waals surface area contributed by atoms with Gasteiger partial charge >= 0.3 is 0 Å². The molecular weight excluding hydrogens is 411 g/mol. The number of halogens is 1. The van der Waals surface area contributed by atoms with Gasteiger partial charge in [0.05, 0.1) is 18.9 Å². The average Bonchev–Trinajstić information content (AvgIpc) is 3.31. The molecule has 1 aromatic heterocycles. The van der Waals surface area contributed by atoms with Crippen molar-refractivity contribution < 1.29 is 23.1 Å². The lowest BCUT2D eigenvalue weighted by molar-refractivity contribution is -0.121. The summed E-state index contributed by atoms with van der Waals surface area (Å²) in [6, 6.07) is 14.4. The van der Waals surface area contributed by atoms with Crippen LogP contribution in [0.1, 0.15) is 30.7 Å². The van der Waals surface area contributed by atoms with Crippen molar-refractivity contribution in [2.24, 2.45) is 0 Å². The molecule has 0 spiro atoms. The normalized spacial score (nSPS) is 15.3. The second kappa shape index (κ2) is 9.96. The molecule has 7 heteroatoms. The van der Waals surface area contributed by atoms with Gasteiger partial charge in [-0.1, -0.05) is 24.3 Å². The van der Waals surface area contributed by atoms with Crippen molar-refractivity contribution >= 4 is 5.91 Å². The number of nitrogens with one attached hydrogen (secondary N) is 1. The summed E-state index contributed by atoms with van der Waals surface area (Å²) < 4.78 is 30.4. The quantitative estimate of drug-likeness (QED) is 0.568. The van der Waals surface area contributed by atoms with E-state index in [0.717, 1.165) is 18.6 Å². The van der Waals surface area contributed by atoms with E-state index in [1.165, 1.54) is 17.8 Å². The molecule has 1 aliphatic rings. The van der Waals surface area contributed by atoms with Gasteiger partial charge in [-0.15, -0.1) is 0 Å². The largest absolute Gasteiger partial charge is 0.497 e. The number of carbonyl (C=O) groups excluding carboxylic acids is 1. The first-order valence-corrected chi connectivity index (χ1v) is 10.8. The molecule has 0 unspecified atom stereocenters. The van der Waals surface area contributed by atoms with Crippen LogP contribution in [-0.4, -0.2) is 37.8 Å². The maximum absolute atomic E-state index is 13.9. The van der Waals surface area contributed by atoms with Gasteiger partial charge in [-0.05, 0) is 42.7 Å². The highest BCUT2D eigenvalue weighted by Gasteiger charge is 2.34. The highest BCUT2D eigenvalue weighted by atomic mass is 19.1. The predicted octanol–water partition coefficient (Wildman–Crippen LogP) is 4.29. The summed E-state index contributed by atoms with van der Waals surface area (Å²) in [6.07, 6.45) is 3.76. The van der Waals surface area contributed by atoms with E-state index in [1.54, 1.807) is 25.3 Å². The first kappa shape index (κ1) is 22.0. The number of aromatic nitrogens is 1. The summed E-state index contributed by atoms with van der Waals surface area (Å²) in [5.74, 6) is 1.14. The molecule has 1 aliphatic heterocycles. The number of amides is 1. The maximum atomic E-state index is 13.9. The summed E-state index contributed by atoms with van der Waals surface area (Å²) in [6.45, 7) is 1.86. The lowest BCUT2D eigenvalue weighted by Crippen LogP contribution is -2.44. The van der Waals surface area contributed by atoms with Gasteiger partial charge in [0.1, 0.15) is 11.6 Å². The van der Waals surface area contributed by atoms with Crippen molar-refractivity contribution in [3.8, 4) is 17.1 Å². The highest BCUT2D eigenvalue weighted by molar-refractivity contribution is 5.76. The lowest BCUT2D eigenvalue weighted by atomic mass is 9.74. The number of hydrogen-bond acceptors (Lipinski definition) is 5. The molecule has 0 bridgehead atoms. The Morgan fingerprint density at radius 1 is 1.16 bits per heavy atom. The van der Waals surface area contributed by atoms with Gasteiger partial charge in [0.15, 0.2) is 11.7 Å². The Morgan fingerprint density at radius 3 is 2.62 bits per heavy atom. The van der Waals surface area contributed by atoms with Crippen LogP contribution in [0.15, 0.2) is 59.1 Å². The molecule has 32 heavy (non-hydrogen) atoms. The van der Waals surface area contributed by atoms with E-state index < -0.39 is 0 Å². The molecule has 2 heterocycles. The molecule has 4 rings (SSSR count). The SMILES string of the molecule is COc1ccc(C2(CNC(=O)CCc3ncc(-c4ccccc4F)o3)CCOCC2)cc1. The van der Waals surface area contributed by atoms with E-state index in [1.807, 2.05) is 12.1 Å². The number of rotatable bonds is 8. The molecular formula is C25H27FN2O4. The number of oxazole rings is 1. The van der Waals surface area contributed by atoms with Crippen molar-refractivity contribution in [1.29, 1.82) is 0 Å². The van der Waals surface area contributed by atoms with Crippen LogP contribution in [0.5, 0.6) is 5.75 Å². The average molecular weight is 438 g/mol. The van der Waals surface area contributed by atoms with E-state index in [0.29, 0.717) is 43.4 Å². The first-order chi connectivity index (χ1) is 15.6. The molecule has 168 valence electrons. The van der Waals surface area contributed by atoms with Gasteiger partial charge < -0.3 is 19.2 Å². The van der Waals surface area contributed by atoms with E-state index in [4.69, 9.17) is 13.9 Å².